The summed E-state index contributed by atoms with van der Waals surface area (Å²) >= 11 is 0. The zero-order valence-electron chi connectivity index (χ0n) is 16.5. The highest BCUT2D eigenvalue weighted by atomic mass is 19.1. The number of aryl methyl sites for hydroxylation is 1. The van der Waals surface area contributed by atoms with Crippen LogP contribution < -0.4 is 9.80 Å². The highest BCUT2D eigenvalue weighted by molar-refractivity contribution is 6.23. The number of hydrogen-bond donors (Lipinski definition) is 1. The number of halogens is 1. The third kappa shape index (κ3) is 3.54. The van der Waals surface area contributed by atoms with Crippen molar-refractivity contribution in [3.05, 3.63) is 59.4 Å². The van der Waals surface area contributed by atoms with Crippen LogP contribution in [0.5, 0.6) is 0 Å². The fourth-order valence-electron chi connectivity index (χ4n) is 4.12. The molecule has 2 aromatic rings. The number of carbonyl (C=O) groups excluding carboxylic acids is 2. The lowest BCUT2D eigenvalue weighted by atomic mass is 10.1. The van der Waals surface area contributed by atoms with Crippen LogP contribution in [0.4, 0.5) is 15.8 Å². The molecule has 2 fully saturated rings. The smallest absolute Gasteiger partial charge is 0.335 e. The van der Waals surface area contributed by atoms with Gasteiger partial charge >= 0.3 is 5.97 Å². The summed E-state index contributed by atoms with van der Waals surface area (Å²) in [6, 6.07) is 10.4. The van der Waals surface area contributed by atoms with Gasteiger partial charge in [0.25, 0.3) is 5.91 Å². The SMILES string of the molecule is Cc1ccc(C(=O)O)cc1N1C(=O)CC(N2CCN(c3ccccc3F)CC2)C1=O. The number of rotatable bonds is 4. The van der Waals surface area contributed by atoms with Crippen LogP contribution >= 0.6 is 0 Å². The molecule has 0 radical (unpaired) electrons. The number of imide groups is 1. The molecule has 1 unspecified atom stereocenters. The van der Waals surface area contributed by atoms with Crippen molar-refractivity contribution in [3.63, 3.8) is 0 Å². The molecule has 0 bridgehead atoms. The van der Waals surface area contributed by atoms with Gasteiger partial charge in [0.1, 0.15) is 5.82 Å². The highest BCUT2D eigenvalue weighted by Gasteiger charge is 2.44. The Labute approximate surface area is 173 Å². The maximum absolute atomic E-state index is 14.0. The standard InChI is InChI=1S/C22H22FN3O4/c1-14-6-7-15(22(29)30)12-18(14)26-20(27)13-19(21(26)28)25-10-8-24(9-11-25)17-5-3-2-4-16(17)23/h2-7,12,19H,8-11,13H2,1H3,(H,29,30). The quantitative estimate of drug-likeness (QED) is 0.778. The molecule has 2 aromatic carbocycles. The van der Waals surface area contributed by atoms with Crippen LogP contribution in [0.2, 0.25) is 0 Å². The van der Waals surface area contributed by atoms with Crippen LogP contribution in [-0.2, 0) is 9.59 Å². The first-order valence-electron chi connectivity index (χ1n) is 9.81. The first kappa shape index (κ1) is 20.0. The van der Waals surface area contributed by atoms with Crippen molar-refractivity contribution in [2.24, 2.45) is 0 Å². The van der Waals surface area contributed by atoms with Crippen molar-refractivity contribution < 1.29 is 23.9 Å². The second-order valence-corrected chi connectivity index (χ2v) is 7.57. The summed E-state index contributed by atoms with van der Waals surface area (Å²) in [5, 5.41) is 9.24. The number of hydrogen-bond acceptors (Lipinski definition) is 5. The first-order chi connectivity index (χ1) is 14.4. The molecule has 0 aromatic heterocycles. The van der Waals surface area contributed by atoms with E-state index in [1.54, 1.807) is 31.2 Å². The van der Waals surface area contributed by atoms with Gasteiger partial charge in [-0.05, 0) is 36.8 Å². The van der Waals surface area contributed by atoms with E-state index >= 15 is 0 Å². The number of aromatic carboxylic acids is 1. The van der Waals surface area contributed by atoms with Crippen LogP contribution in [0.1, 0.15) is 22.3 Å². The van der Waals surface area contributed by atoms with Gasteiger partial charge in [-0.2, -0.15) is 0 Å². The van der Waals surface area contributed by atoms with Gasteiger partial charge in [0.15, 0.2) is 0 Å². The lowest BCUT2D eigenvalue weighted by Crippen LogP contribution is -2.52. The van der Waals surface area contributed by atoms with Gasteiger partial charge < -0.3 is 10.0 Å². The van der Waals surface area contributed by atoms with Crippen LogP contribution in [-0.4, -0.2) is 60.0 Å². The molecule has 2 amide bonds. The summed E-state index contributed by atoms with van der Waals surface area (Å²) in [6.45, 7) is 3.89. The summed E-state index contributed by atoms with van der Waals surface area (Å²) in [7, 11) is 0. The van der Waals surface area contributed by atoms with Crippen LogP contribution in [0.3, 0.4) is 0 Å². The molecule has 0 spiro atoms. The molecule has 7 nitrogen and oxygen atoms in total. The van der Waals surface area contributed by atoms with E-state index in [0.29, 0.717) is 43.1 Å². The number of amides is 2. The Morgan fingerprint density at radius 2 is 1.73 bits per heavy atom. The maximum atomic E-state index is 14.0. The van der Waals surface area contributed by atoms with E-state index in [-0.39, 0.29) is 29.6 Å². The fraction of sp³-hybridized carbons (Fsp3) is 0.318. The summed E-state index contributed by atoms with van der Waals surface area (Å²) in [6.07, 6.45) is 0.0509. The van der Waals surface area contributed by atoms with Gasteiger partial charge in [-0.3, -0.25) is 14.5 Å². The molecule has 2 saturated heterocycles. The predicted molar refractivity (Wildman–Crippen MR) is 109 cm³/mol. The van der Waals surface area contributed by atoms with Crippen LogP contribution in [0.25, 0.3) is 0 Å². The predicted octanol–water partition coefficient (Wildman–Crippen LogP) is 2.29. The lowest BCUT2D eigenvalue weighted by molar-refractivity contribution is -0.123. The molecule has 30 heavy (non-hydrogen) atoms. The van der Waals surface area contributed by atoms with E-state index in [0.717, 1.165) is 4.90 Å². The number of anilines is 2. The van der Waals surface area contributed by atoms with E-state index in [4.69, 9.17) is 0 Å². The van der Waals surface area contributed by atoms with Gasteiger partial charge in [0.05, 0.1) is 29.4 Å². The van der Waals surface area contributed by atoms with Crippen molar-refractivity contribution in [1.82, 2.24) is 4.90 Å². The minimum atomic E-state index is -1.11. The fourth-order valence-corrected chi connectivity index (χ4v) is 4.12. The first-order valence-corrected chi connectivity index (χ1v) is 9.81. The van der Waals surface area contributed by atoms with Crippen LogP contribution in [0, 0.1) is 12.7 Å². The summed E-state index contributed by atoms with van der Waals surface area (Å²) in [5.74, 6) is -2.08. The molecule has 8 heteroatoms. The molecule has 1 atom stereocenters. The molecule has 1 N–H and O–H groups in total. The van der Waals surface area contributed by atoms with Crippen LogP contribution in [0.15, 0.2) is 42.5 Å². The van der Waals surface area contributed by atoms with Gasteiger partial charge in [0, 0.05) is 26.2 Å². The van der Waals surface area contributed by atoms with E-state index in [1.165, 1.54) is 18.2 Å². The molecular weight excluding hydrogens is 389 g/mol. The van der Waals surface area contributed by atoms with Crippen molar-refractivity contribution in [2.45, 2.75) is 19.4 Å². The third-order valence-electron chi connectivity index (χ3n) is 5.77. The van der Waals surface area contributed by atoms with E-state index in [1.807, 2.05) is 9.80 Å². The topological polar surface area (TPSA) is 81.2 Å². The van der Waals surface area contributed by atoms with Crippen molar-refractivity contribution in [3.8, 4) is 0 Å². The third-order valence-corrected chi connectivity index (χ3v) is 5.77. The number of para-hydroxylation sites is 1. The Morgan fingerprint density at radius 3 is 2.40 bits per heavy atom. The average Bonchev–Trinajstić information content (AvgIpc) is 3.03. The molecule has 2 aliphatic rings. The Hall–Kier alpha value is -3.26. The molecular formula is C22H22FN3O4. The van der Waals surface area contributed by atoms with E-state index < -0.39 is 12.0 Å². The molecule has 156 valence electrons. The molecule has 2 aliphatic heterocycles. The summed E-state index contributed by atoms with van der Waals surface area (Å²) in [4.78, 5) is 42.1. The van der Waals surface area contributed by atoms with Gasteiger partial charge in [-0.1, -0.05) is 18.2 Å². The lowest BCUT2D eigenvalue weighted by Gasteiger charge is -2.38. The number of benzene rings is 2. The van der Waals surface area contributed by atoms with Crippen molar-refractivity contribution in [2.75, 3.05) is 36.0 Å². The summed E-state index contributed by atoms with van der Waals surface area (Å²) in [5.41, 5.74) is 1.54. The zero-order chi connectivity index (χ0) is 21.4. The Kier molecular flexibility index (Phi) is 5.26. The number of nitrogens with zero attached hydrogens (tertiary/aromatic N) is 3. The van der Waals surface area contributed by atoms with Gasteiger partial charge in [0.2, 0.25) is 5.91 Å². The molecule has 2 heterocycles. The van der Waals surface area contributed by atoms with Gasteiger partial charge in [-0.15, -0.1) is 0 Å². The number of carboxylic acid groups (broad SMARTS) is 1. The van der Waals surface area contributed by atoms with Crippen molar-refractivity contribution in [1.29, 1.82) is 0 Å². The zero-order valence-corrected chi connectivity index (χ0v) is 16.5. The molecule has 0 saturated carbocycles. The number of piperazine rings is 1. The second-order valence-electron chi connectivity index (χ2n) is 7.57. The Bertz CT molecular complexity index is 1020. The molecule has 0 aliphatic carbocycles. The Balaban J connectivity index is 1.50. The second kappa shape index (κ2) is 7.87. The summed E-state index contributed by atoms with van der Waals surface area (Å²) < 4.78 is 14.0. The number of carboxylic acids is 1. The van der Waals surface area contributed by atoms with Gasteiger partial charge in [-0.25, -0.2) is 14.1 Å². The van der Waals surface area contributed by atoms with E-state index in [2.05, 4.69) is 0 Å². The van der Waals surface area contributed by atoms with Crippen molar-refractivity contribution >= 4 is 29.2 Å². The number of carbonyl (C=O) groups is 3. The highest BCUT2D eigenvalue weighted by Crippen LogP contribution is 2.30. The minimum absolute atomic E-state index is 0.0261. The Morgan fingerprint density at radius 1 is 1.03 bits per heavy atom. The molecule has 4 rings (SSSR count). The normalized spacial score (nSPS) is 20.1. The average molecular weight is 411 g/mol. The minimum Gasteiger partial charge on any atom is -0.478 e. The maximum Gasteiger partial charge on any atom is 0.335 e. The monoisotopic (exact) mass is 411 g/mol. The van der Waals surface area contributed by atoms with E-state index in [9.17, 15) is 23.9 Å². The largest absolute Gasteiger partial charge is 0.478 e.